The third-order valence-corrected chi connectivity index (χ3v) is 0. The molecule has 2 N–H and O–H groups in total. The molecule has 0 saturated carbocycles. The van der Waals surface area contributed by atoms with E-state index in [1.807, 2.05) is 0 Å². The Bertz CT molecular complexity index is 77.7. The van der Waals surface area contributed by atoms with E-state index in [2.05, 4.69) is 0 Å². The highest BCUT2D eigenvalue weighted by molar-refractivity contribution is 7.73. The third kappa shape index (κ3) is 160. The molecular weight excluding hydrogens is 124 g/mol. The molecule has 0 heterocycles. The second-order valence-corrected chi connectivity index (χ2v) is 0.774. The van der Waals surface area contributed by atoms with Crippen LogP contribution in [0.5, 0.6) is 0 Å². The average Bonchev–Trinajstić information content (AvgIpc) is 1.33. The molecule has 0 atom stereocenters. The molecule has 7 heavy (non-hydrogen) atoms. The van der Waals surface area contributed by atoms with Crippen LogP contribution in [0.15, 0.2) is 0 Å². The van der Waals surface area contributed by atoms with E-state index in [9.17, 15) is 0 Å². The molecule has 7 heteroatoms. The van der Waals surface area contributed by atoms with E-state index in [1.54, 1.807) is 0 Å². The average molecular weight is 126 g/mol. The number of nitroso groups, excluding NO2 is 1. The van der Waals surface area contributed by atoms with E-state index in [-0.39, 0.29) is 0 Å². The topological polar surface area (TPSA) is 111 Å². The zero-order chi connectivity index (χ0) is 6.28. The van der Waals surface area contributed by atoms with Crippen LogP contribution in [0.3, 0.4) is 0 Å². The van der Waals surface area contributed by atoms with Gasteiger partial charge in [-0.1, -0.05) is 0 Å². The minimum absolute atomic E-state index is 1.25. The molecule has 0 aliphatic rings. The van der Waals surface area contributed by atoms with Crippen LogP contribution in [0.2, 0.25) is 0 Å². The largest absolute Gasteiger partial charge is 0.299 e. The molecule has 0 aromatic carbocycles. The number of nitrogens with zero attached hydrogens (tertiary/aromatic N) is 2. The maximum Gasteiger partial charge on any atom is 0.299 e. The number of hydrogen-bond donors (Lipinski definition) is 2. The molecule has 0 aliphatic heterocycles. The molecule has 0 spiro atoms. The second kappa shape index (κ2) is 9.03. The van der Waals surface area contributed by atoms with E-state index in [1.165, 1.54) is 4.97 Å². The van der Waals surface area contributed by atoms with Gasteiger partial charge in [0.05, 0.1) is 0 Å². The van der Waals surface area contributed by atoms with Gasteiger partial charge in [0.15, 0.2) is 4.91 Å². The second-order valence-electron chi connectivity index (χ2n) is 0.312. The van der Waals surface area contributed by atoms with Crippen molar-refractivity contribution in [2.45, 2.75) is 0 Å². The third-order valence-electron chi connectivity index (χ3n) is 0. The molecule has 0 aromatic rings. The van der Waals surface area contributed by atoms with Crippen LogP contribution < -0.4 is 4.97 Å². The number of rotatable bonds is 0. The lowest BCUT2D eigenvalue weighted by Gasteiger charge is -1.59. The Kier molecular flexibility index (Phi) is 12.4. The highest BCUT2D eigenvalue weighted by Crippen LogP contribution is 1.44. The zero-order valence-electron chi connectivity index (χ0n) is 3.01. The van der Waals surface area contributed by atoms with Gasteiger partial charge in [0.25, 0.3) is 11.4 Å². The summed E-state index contributed by atoms with van der Waals surface area (Å²) in [4.78, 5) is 9.36. The highest BCUT2D eigenvalue weighted by Gasteiger charge is 1.62. The van der Waals surface area contributed by atoms with E-state index >= 15 is 0 Å². The summed E-state index contributed by atoms with van der Waals surface area (Å²) in [5, 5.41) is 0. The predicted molar refractivity (Wildman–Crippen MR) is 22.3 cm³/mol. The fourth-order valence-corrected chi connectivity index (χ4v) is 0. The van der Waals surface area contributed by atoms with Crippen LogP contribution in [0.1, 0.15) is 0 Å². The SMILES string of the molecule is O=S(O)O.[N-]=[N+]=O. The lowest BCUT2D eigenvalue weighted by molar-refractivity contribution is 0.454. The van der Waals surface area contributed by atoms with Crippen molar-refractivity contribution in [2.75, 3.05) is 0 Å². The predicted octanol–water partition coefficient (Wildman–Crippen LogP) is -0.477. The Balaban J connectivity index is 0. The van der Waals surface area contributed by atoms with Gasteiger partial charge in [-0.2, -0.15) is 4.21 Å². The van der Waals surface area contributed by atoms with Crippen molar-refractivity contribution in [1.29, 1.82) is 0 Å². The Labute approximate surface area is 41.1 Å². The highest BCUT2D eigenvalue weighted by atomic mass is 32.2. The molecule has 0 aromatic heterocycles. The summed E-state index contributed by atoms with van der Waals surface area (Å²) in [6, 6.07) is 0. The molecule has 0 fully saturated rings. The molecule has 6 nitrogen and oxygen atoms in total. The van der Waals surface area contributed by atoms with Gasteiger partial charge in [-0.25, -0.2) is 0 Å². The van der Waals surface area contributed by atoms with Crippen LogP contribution in [0.4, 0.5) is 0 Å². The van der Waals surface area contributed by atoms with E-state index in [4.69, 9.17) is 23.8 Å². The summed E-state index contributed by atoms with van der Waals surface area (Å²) in [6.45, 7) is 0. The summed E-state index contributed by atoms with van der Waals surface area (Å²) in [5.74, 6) is 0. The molecule has 42 valence electrons. The van der Waals surface area contributed by atoms with Crippen LogP contribution in [-0.2, 0) is 11.4 Å². The van der Waals surface area contributed by atoms with Crippen LogP contribution >= 0.6 is 0 Å². The minimum atomic E-state index is -2.61. The first-order chi connectivity index (χ1) is 3.15. The first kappa shape index (κ1) is 9.63. The van der Waals surface area contributed by atoms with Crippen molar-refractivity contribution in [3.63, 3.8) is 0 Å². The van der Waals surface area contributed by atoms with Crippen molar-refractivity contribution in [3.8, 4) is 0 Å². The monoisotopic (exact) mass is 126 g/mol. The lowest BCUT2D eigenvalue weighted by Crippen LogP contribution is -1.74. The van der Waals surface area contributed by atoms with Crippen LogP contribution in [-0.4, -0.2) is 13.3 Å². The molecule has 0 saturated heterocycles. The maximum atomic E-state index is 8.67. The fourth-order valence-electron chi connectivity index (χ4n) is 0. The standard InChI is InChI=1S/N2O.H2O3S/c1-2-3;1-4(2)3/h;(H2,1,2,3). The molecule has 0 aliphatic carbocycles. The van der Waals surface area contributed by atoms with Crippen molar-refractivity contribution in [1.82, 2.24) is 4.97 Å². The summed E-state index contributed by atoms with van der Waals surface area (Å²) in [7, 11) is 0. The Hall–Kier alpha value is -0.620. The zero-order valence-corrected chi connectivity index (χ0v) is 3.83. The number of hydrogen-bond acceptors (Lipinski definition) is 2. The quantitative estimate of drug-likeness (QED) is 0.259. The van der Waals surface area contributed by atoms with Crippen molar-refractivity contribution in [2.24, 2.45) is 0 Å². The normalized spacial score (nSPS) is 6.14. The van der Waals surface area contributed by atoms with E-state index in [0.29, 0.717) is 0 Å². The first-order valence-corrected chi connectivity index (χ1v) is 1.98. The molecule has 0 amide bonds. The van der Waals surface area contributed by atoms with E-state index < -0.39 is 11.4 Å². The Morgan fingerprint density at radius 3 is 1.57 bits per heavy atom. The summed E-state index contributed by atoms with van der Waals surface area (Å²) in [5.41, 5.74) is 6.64. The summed E-state index contributed by atoms with van der Waals surface area (Å²) >= 11 is -2.61. The first-order valence-electron chi connectivity index (χ1n) is 0.914. The summed E-state index contributed by atoms with van der Waals surface area (Å²) < 4.78 is 22.8. The van der Waals surface area contributed by atoms with Crippen LogP contribution in [0, 0.1) is 4.91 Å². The van der Waals surface area contributed by atoms with Gasteiger partial charge in [0, 0.05) is 0 Å². The maximum absolute atomic E-state index is 8.67. The van der Waals surface area contributed by atoms with Crippen molar-refractivity contribution < 1.29 is 13.3 Å². The van der Waals surface area contributed by atoms with Gasteiger partial charge < -0.3 is 0 Å². The van der Waals surface area contributed by atoms with Gasteiger partial charge >= 0.3 is 0 Å². The van der Waals surface area contributed by atoms with Gasteiger partial charge in [-0.3, -0.25) is 14.6 Å². The van der Waals surface area contributed by atoms with Crippen molar-refractivity contribution >= 4 is 11.4 Å². The fraction of sp³-hybridized carbons (Fsp3) is 0. The van der Waals surface area contributed by atoms with Gasteiger partial charge in [0.1, 0.15) is 4.97 Å². The minimum Gasteiger partial charge on any atom is -0.294 e. The smallest absolute Gasteiger partial charge is 0.294 e. The summed E-state index contributed by atoms with van der Waals surface area (Å²) in [6.07, 6.45) is 0. The van der Waals surface area contributed by atoms with Crippen molar-refractivity contribution in [3.05, 3.63) is 10.4 Å². The molecular formula is H2N2O4S. The molecule has 0 unspecified atom stereocenters. The van der Waals surface area contributed by atoms with E-state index in [0.717, 1.165) is 0 Å². The van der Waals surface area contributed by atoms with Gasteiger partial charge in [-0.15, -0.1) is 0 Å². The van der Waals surface area contributed by atoms with Crippen LogP contribution in [0.25, 0.3) is 5.53 Å². The van der Waals surface area contributed by atoms with Gasteiger partial charge in [0.2, 0.25) is 0 Å². The lowest BCUT2D eigenvalue weighted by atomic mass is 13.2. The molecule has 0 bridgehead atoms. The van der Waals surface area contributed by atoms with Gasteiger partial charge in [-0.05, 0) is 0 Å². The molecule has 0 radical (unpaired) electrons. The molecule has 0 rings (SSSR count). The Morgan fingerprint density at radius 2 is 1.57 bits per heavy atom. The Morgan fingerprint density at radius 1 is 1.57 bits per heavy atom.